The van der Waals surface area contributed by atoms with Crippen LogP contribution < -0.4 is 0 Å². The molecule has 0 saturated heterocycles. The third-order valence-electron chi connectivity index (χ3n) is 2.42. The minimum atomic E-state index is -0.236. The van der Waals surface area contributed by atoms with Gasteiger partial charge < -0.3 is 5.11 Å². The molecule has 2 rings (SSSR count). The monoisotopic (exact) mass is 166 g/mol. The zero-order chi connectivity index (χ0) is 8.55. The summed E-state index contributed by atoms with van der Waals surface area (Å²) in [6.07, 6.45) is 0.931. The number of rotatable bonds is 2. The highest BCUT2D eigenvalue weighted by atomic mass is 19.1. The Morgan fingerprint density at radius 2 is 2.33 bits per heavy atom. The number of alkyl halides is 1. The number of aromatic hydroxyl groups is 1. The Labute approximate surface area is 70.8 Å². The minimum absolute atomic E-state index is 0.201. The molecule has 1 aliphatic carbocycles. The molecule has 1 aliphatic rings. The van der Waals surface area contributed by atoms with E-state index in [1.807, 2.05) is 6.07 Å². The lowest BCUT2D eigenvalue weighted by Gasteiger charge is -1.98. The zero-order valence-electron chi connectivity index (χ0n) is 6.70. The fourth-order valence-electron chi connectivity index (χ4n) is 1.58. The summed E-state index contributed by atoms with van der Waals surface area (Å²) in [5.41, 5.74) is 1.07. The Kier molecular flexibility index (Phi) is 1.75. The van der Waals surface area contributed by atoms with E-state index in [-0.39, 0.29) is 18.3 Å². The number of hydrogen-bond acceptors (Lipinski definition) is 1. The van der Waals surface area contributed by atoms with E-state index < -0.39 is 0 Å². The molecule has 0 amide bonds. The molecule has 0 heterocycles. The zero-order valence-corrected chi connectivity index (χ0v) is 6.70. The summed E-state index contributed by atoms with van der Waals surface area (Å²) in [6, 6.07) is 7.11. The first-order valence-corrected chi connectivity index (χ1v) is 4.16. The Bertz CT molecular complexity index is 285. The van der Waals surface area contributed by atoms with Gasteiger partial charge in [-0.1, -0.05) is 12.1 Å². The topological polar surface area (TPSA) is 20.2 Å². The van der Waals surface area contributed by atoms with E-state index in [2.05, 4.69) is 0 Å². The average Bonchev–Trinajstić information content (AvgIpc) is 2.83. The molecule has 2 unspecified atom stereocenters. The van der Waals surface area contributed by atoms with Gasteiger partial charge in [0.25, 0.3) is 0 Å². The molecule has 64 valence electrons. The summed E-state index contributed by atoms with van der Waals surface area (Å²) in [6.45, 7) is -0.236. The van der Waals surface area contributed by atoms with Crippen molar-refractivity contribution >= 4 is 0 Å². The maximum atomic E-state index is 12.2. The predicted octanol–water partition coefficient (Wildman–Crippen LogP) is 2.47. The smallest absolute Gasteiger partial charge is 0.115 e. The van der Waals surface area contributed by atoms with Crippen LogP contribution in [0.1, 0.15) is 17.9 Å². The van der Waals surface area contributed by atoms with Crippen LogP contribution in [0.5, 0.6) is 5.75 Å². The molecule has 0 aliphatic heterocycles. The fourth-order valence-corrected chi connectivity index (χ4v) is 1.58. The van der Waals surface area contributed by atoms with E-state index in [1.54, 1.807) is 18.2 Å². The second-order valence-electron chi connectivity index (χ2n) is 3.35. The van der Waals surface area contributed by atoms with Crippen molar-refractivity contribution in [1.82, 2.24) is 0 Å². The van der Waals surface area contributed by atoms with Crippen molar-refractivity contribution in [3.05, 3.63) is 29.8 Å². The molecule has 1 aromatic rings. The van der Waals surface area contributed by atoms with Crippen molar-refractivity contribution in [3.8, 4) is 5.75 Å². The number of hydrogen-bond donors (Lipinski definition) is 1. The minimum Gasteiger partial charge on any atom is -0.508 e. The van der Waals surface area contributed by atoms with Gasteiger partial charge in [0.15, 0.2) is 0 Å². The van der Waals surface area contributed by atoms with Gasteiger partial charge in [-0.15, -0.1) is 0 Å². The van der Waals surface area contributed by atoms with Crippen LogP contribution in [-0.4, -0.2) is 11.8 Å². The van der Waals surface area contributed by atoms with Crippen molar-refractivity contribution in [2.75, 3.05) is 6.67 Å². The number of benzene rings is 1. The van der Waals surface area contributed by atoms with Gasteiger partial charge in [0.1, 0.15) is 5.75 Å². The average molecular weight is 166 g/mol. The van der Waals surface area contributed by atoms with Gasteiger partial charge in [0, 0.05) is 0 Å². The van der Waals surface area contributed by atoms with E-state index >= 15 is 0 Å². The predicted molar refractivity (Wildman–Crippen MR) is 44.9 cm³/mol. The van der Waals surface area contributed by atoms with Crippen LogP contribution >= 0.6 is 0 Å². The SMILES string of the molecule is Oc1cccc(C2CC2CF)c1. The van der Waals surface area contributed by atoms with Gasteiger partial charge in [-0.2, -0.15) is 0 Å². The molecule has 1 nitrogen and oxygen atoms in total. The largest absolute Gasteiger partial charge is 0.508 e. The molecular formula is C10H11FO. The lowest BCUT2D eigenvalue weighted by molar-refractivity contribution is 0.451. The lowest BCUT2D eigenvalue weighted by atomic mass is 10.1. The van der Waals surface area contributed by atoms with E-state index in [0.29, 0.717) is 5.92 Å². The highest BCUT2D eigenvalue weighted by Crippen LogP contribution is 2.47. The standard InChI is InChI=1S/C10H11FO/c11-6-8-5-10(8)7-2-1-3-9(12)4-7/h1-4,8,10,12H,5-6H2. The Balaban J connectivity index is 2.14. The Morgan fingerprint density at radius 1 is 1.50 bits per heavy atom. The van der Waals surface area contributed by atoms with Gasteiger partial charge in [0.05, 0.1) is 6.67 Å². The van der Waals surface area contributed by atoms with Crippen LogP contribution in [0.4, 0.5) is 4.39 Å². The van der Waals surface area contributed by atoms with Crippen LogP contribution in [0.2, 0.25) is 0 Å². The van der Waals surface area contributed by atoms with Crippen LogP contribution in [0.15, 0.2) is 24.3 Å². The summed E-state index contributed by atoms with van der Waals surface area (Å²) in [5.74, 6) is 0.825. The highest BCUT2D eigenvalue weighted by molar-refractivity contribution is 5.33. The fraction of sp³-hybridized carbons (Fsp3) is 0.400. The van der Waals surface area contributed by atoms with Crippen LogP contribution in [-0.2, 0) is 0 Å². The number of phenols is 1. The van der Waals surface area contributed by atoms with Crippen LogP contribution in [0.3, 0.4) is 0 Å². The summed E-state index contributed by atoms with van der Waals surface area (Å²) in [4.78, 5) is 0. The molecule has 2 heteroatoms. The lowest BCUT2D eigenvalue weighted by Crippen LogP contribution is -1.84. The van der Waals surface area contributed by atoms with Crippen molar-refractivity contribution in [3.63, 3.8) is 0 Å². The molecule has 2 atom stereocenters. The van der Waals surface area contributed by atoms with Crippen molar-refractivity contribution < 1.29 is 9.50 Å². The third-order valence-corrected chi connectivity index (χ3v) is 2.42. The van der Waals surface area contributed by atoms with Gasteiger partial charge in [-0.25, -0.2) is 0 Å². The first-order valence-electron chi connectivity index (χ1n) is 4.16. The van der Waals surface area contributed by atoms with E-state index in [1.165, 1.54) is 0 Å². The maximum Gasteiger partial charge on any atom is 0.115 e. The Hall–Kier alpha value is -1.05. The van der Waals surface area contributed by atoms with Gasteiger partial charge >= 0.3 is 0 Å². The van der Waals surface area contributed by atoms with Crippen LogP contribution in [0, 0.1) is 5.92 Å². The molecule has 0 spiro atoms. The maximum absolute atomic E-state index is 12.2. The summed E-state index contributed by atoms with van der Waals surface area (Å²) in [5, 5.41) is 9.15. The first kappa shape index (κ1) is 7.59. The molecule has 1 fully saturated rings. The summed E-state index contributed by atoms with van der Waals surface area (Å²) >= 11 is 0. The molecule has 12 heavy (non-hydrogen) atoms. The quantitative estimate of drug-likeness (QED) is 0.715. The number of halogens is 1. The number of phenolic OH excluding ortho intramolecular Hbond substituents is 1. The third kappa shape index (κ3) is 1.29. The second-order valence-corrected chi connectivity index (χ2v) is 3.35. The van der Waals surface area contributed by atoms with E-state index in [4.69, 9.17) is 5.11 Å². The molecule has 1 saturated carbocycles. The normalized spacial score (nSPS) is 27.1. The first-order chi connectivity index (χ1) is 5.81. The molecule has 0 bridgehead atoms. The van der Waals surface area contributed by atoms with Crippen molar-refractivity contribution in [2.45, 2.75) is 12.3 Å². The van der Waals surface area contributed by atoms with E-state index in [9.17, 15) is 4.39 Å². The molecular weight excluding hydrogens is 155 g/mol. The molecule has 0 radical (unpaired) electrons. The Morgan fingerprint density at radius 3 is 2.92 bits per heavy atom. The summed E-state index contributed by atoms with van der Waals surface area (Å²) in [7, 11) is 0. The summed E-state index contributed by atoms with van der Waals surface area (Å²) < 4.78 is 12.2. The van der Waals surface area contributed by atoms with E-state index in [0.717, 1.165) is 12.0 Å². The molecule has 0 aromatic heterocycles. The van der Waals surface area contributed by atoms with Crippen LogP contribution in [0.25, 0.3) is 0 Å². The van der Waals surface area contributed by atoms with Gasteiger partial charge in [-0.3, -0.25) is 4.39 Å². The molecule has 1 N–H and O–H groups in total. The van der Waals surface area contributed by atoms with Crippen molar-refractivity contribution in [2.24, 2.45) is 5.92 Å². The van der Waals surface area contributed by atoms with Gasteiger partial charge in [0.2, 0.25) is 0 Å². The second kappa shape index (κ2) is 2.77. The highest BCUT2D eigenvalue weighted by Gasteiger charge is 2.38. The van der Waals surface area contributed by atoms with Gasteiger partial charge in [-0.05, 0) is 36.0 Å². The molecule has 1 aromatic carbocycles. The van der Waals surface area contributed by atoms with Crippen molar-refractivity contribution in [1.29, 1.82) is 0 Å².